The number of aliphatic carboxylic acids is 1. The van der Waals surface area contributed by atoms with Gasteiger partial charge in [-0.3, -0.25) is 4.79 Å². The topological polar surface area (TPSA) is 46.5 Å². The molecule has 1 aromatic rings. The SMILES string of the molecule is COCCC(C)C1(C(=O)O)Cc2ccccc2C1. The second-order valence-electron chi connectivity index (χ2n) is 5.27. The minimum Gasteiger partial charge on any atom is -0.481 e. The van der Waals surface area contributed by atoms with Crippen molar-refractivity contribution in [2.45, 2.75) is 26.2 Å². The lowest BCUT2D eigenvalue weighted by atomic mass is 9.72. The van der Waals surface area contributed by atoms with Gasteiger partial charge < -0.3 is 9.84 Å². The summed E-state index contributed by atoms with van der Waals surface area (Å²) in [5.41, 5.74) is 1.72. The molecule has 0 fully saturated rings. The van der Waals surface area contributed by atoms with E-state index in [1.165, 1.54) is 11.1 Å². The number of carboxylic acid groups (broad SMARTS) is 1. The van der Waals surface area contributed by atoms with Crippen LogP contribution >= 0.6 is 0 Å². The number of fused-ring (bicyclic) bond motifs is 1. The minimum absolute atomic E-state index is 0.113. The Bertz CT molecular complexity index is 414. The highest BCUT2D eigenvalue weighted by Crippen LogP contribution is 2.44. The molecule has 98 valence electrons. The third-order valence-corrected chi connectivity index (χ3v) is 4.25. The van der Waals surface area contributed by atoms with Gasteiger partial charge in [0.25, 0.3) is 0 Å². The van der Waals surface area contributed by atoms with Crippen LogP contribution in [0.25, 0.3) is 0 Å². The summed E-state index contributed by atoms with van der Waals surface area (Å²) in [5.74, 6) is -0.565. The molecular weight excluding hydrogens is 228 g/mol. The molecule has 1 aliphatic rings. The van der Waals surface area contributed by atoms with Crippen LogP contribution in [0, 0.1) is 11.3 Å². The van der Waals surface area contributed by atoms with Crippen LogP contribution in [0.15, 0.2) is 24.3 Å². The van der Waals surface area contributed by atoms with E-state index in [2.05, 4.69) is 0 Å². The Kier molecular flexibility index (Phi) is 3.71. The lowest BCUT2D eigenvalue weighted by Crippen LogP contribution is -2.39. The van der Waals surface area contributed by atoms with E-state index in [9.17, 15) is 9.90 Å². The fourth-order valence-corrected chi connectivity index (χ4v) is 2.93. The summed E-state index contributed by atoms with van der Waals surface area (Å²) >= 11 is 0. The van der Waals surface area contributed by atoms with Gasteiger partial charge in [-0.1, -0.05) is 31.2 Å². The lowest BCUT2D eigenvalue weighted by Gasteiger charge is -2.31. The molecule has 0 amide bonds. The van der Waals surface area contributed by atoms with Crippen LogP contribution in [0.2, 0.25) is 0 Å². The first-order valence-corrected chi connectivity index (χ1v) is 6.39. The summed E-state index contributed by atoms with van der Waals surface area (Å²) in [5, 5.41) is 9.66. The van der Waals surface area contributed by atoms with Crippen molar-refractivity contribution in [2.24, 2.45) is 11.3 Å². The number of carboxylic acids is 1. The van der Waals surface area contributed by atoms with Crippen LogP contribution in [-0.2, 0) is 22.4 Å². The van der Waals surface area contributed by atoms with Crippen LogP contribution in [0.1, 0.15) is 24.5 Å². The first-order chi connectivity index (χ1) is 8.60. The summed E-state index contributed by atoms with van der Waals surface area (Å²) < 4.78 is 5.08. The molecular formula is C15H20O3. The smallest absolute Gasteiger partial charge is 0.310 e. The van der Waals surface area contributed by atoms with Crippen molar-refractivity contribution in [3.8, 4) is 0 Å². The molecule has 0 aliphatic heterocycles. The molecule has 18 heavy (non-hydrogen) atoms. The van der Waals surface area contributed by atoms with Gasteiger partial charge in [0, 0.05) is 13.7 Å². The molecule has 1 unspecified atom stereocenters. The van der Waals surface area contributed by atoms with Crippen molar-refractivity contribution in [3.63, 3.8) is 0 Å². The van der Waals surface area contributed by atoms with Gasteiger partial charge in [-0.05, 0) is 36.3 Å². The zero-order valence-corrected chi connectivity index (χ0v) is 11.0. The van der Waals surface area contributed by atoms with E-state index in [1.807, 2.05) is 31.2 Å². The van der Waals surface area contributed by atoms with Gasteiger partial charge in [-0.2, -0.15) is 0 Å². The quantitative estimate of drug-likeness (QED) is 0.871. The molecule has 3 heteroatoms. The number of ether oxygens (including phenoxy) is 1. The van der Waals surface area contributed by atoms with Crippen molar-refractivity contribution in [2.75, 3.05) is 13.7 Å². The predicted molar refractivity (Wildman–Crippen MR) is 69.6 cm³/mol. The van der Waals surface area contributed by atoms with Crippen molar-refractivity contribution in [3.05, 3.63) is 35.4 Å². The van der Waals surface area contributed by atoms with Crippen molar-refractivity contribution >= 4 is 5.97 Å². The second kappa shape index (κ2) is 5.11. The Labute approximate surface area is 108 Å². The summed E-state index contributed by atoms with van der Waals surface area (Å²) in [4.78, 5) is 11.8. The zero-order valence-electron chi connectivity index (χ0n) is 11.0. The van der Waals surface area contributed by atoms with Gasteiger partial charge in [-0.15, -0.1) is 0 Å². The van der Waals surface area contributed by atoms with Gasteiger partial charge >= 0.3 is 5.97 Å². The number of carbonyl (C=O) groups is 1. The second-order valence-corrected chi connectivity index (χ2v) is 5.27. The molecule has 0 saturated carbocycles. The average Bonchev–Trinajstić information content (AvgIpc) is 2.76. The Balaban J connectivity index is 2.24. The molecule has 1 aliphatic carbocycles. The fraction of sp³-hybridized carbons (Fsp3) is 0.533. The highest BCUT2D eigenvalue weighted by molar-refractivity contribution is 5.77. The standard InChI is InChI=1S/C15H20O3/c1-11(7-8-18-2)15(14(16)17)9-12-5-3-4-6-13(12)10-15/h3-6,11H,7-10H2,1-2H3,(H,16,17). The molecule has 0 bridgehead atoms. The van der Waals surface area contributed by atoms with E-state index in [1.54, 1.807) is 7.11 Å². The summed E-state index contributed by atoms with van der Waals surface area (Å²) in [6.45, 7) is 2.64. The molecule has 1 aromatic carbocycles. The summed E-state index contributed by atoms with van der Waals surface area (Å²) in [7, 11) is 1.66. The third kappa shape index (κ3) is 2.15. The number of methoxy groups -OCH3 is 1. The average molecular weight is 248 g/mol. The molecule has 1 atom stereocenters. The van der Waals surface area contributed by atoms with Crippen LogP contribution in [0.5, 0.6) is 0 Å². The maximum atomic E-state index is 11.8. The zero-order chi connectivity index (χ0) is 13.2. The third-order valence-electron chi connectivity index (χ3n) is 4.25. The minimum atomic E-state index is -0.678. The van der Waals surface area contributed by atoms with E-state index < -0.39 is 11.4 Å². The normalized spacial score (nSPS) is 18.3. The Morgan fingerprint density at radius 3 is 2.39 bits per heavy atom. The maximum absolute atomic E-state index is 11.8. The largest absolute Gasteiger partial charge is 0.481 e. The van der Waals surface area contributed by atoms with Gasteiger partial charge in [0.1, 0.15) is 0 Å². The van der Waals surface area contributed by atoms with Gasteiger partial charge in [-0.25, -0.2) is 0 Å². The van der Waals surface area contributed by atoms with Crippen LogP contribution in [-0.4, -0.2) is 24.8 Å². The fourth-order valence-electron chi connectivity index (χ4n) is 2.93. The molecule has 3 nitrogen and oxygen atoms in total. The van der Waals surface area contributed by atoms with Crippen LogP contribution < -0.4 is 0 Å². The van der Waals surface area contributed by atoms with Crippen molar-refractivity contribution in [1.29, 1.82) is 0 Å². The summed E-state index contributed by atoms with van der Waals surface area (Å²) in [6.07, 6.45) is 2.07. The van der Waals surface area contributed by atoms with E-state index in [0.717, 1.165) is 6.42 Å². The molecule has 0 radical (unpaired) electrons. The van der Waals surface area contributed by atoms with E-state index in [-0.39, 0.29) is 5.92 Å². The van der Waals surface area contributed by atoms with Crippen LogP contribution in [0.3, 0.4) is 0 Å². The number of hydrogen-bond acceptors (Lipinski definition) is 2. The molecule has 0 heterocycles. The van der Waals surface area contributed by atoms with Crippen LogP contribution in [0.4, 0.5) is 0 Å². The van der Waals surface area contributed by atoms with E-state index >= 15 is 0 Å². The van der Waals surface area contributed by atoms with E-state index in [4.69, 9.17) is 4.74 Å². The Morgan fingerprint density at radius 1 is 1.39 bits per heavy atom. The lowest BCUT2D eigenvalue weighted by molar-refractivity contribution is -0.152. The monoisotopic (exact) mass is 248 g/mol. The summed E-state index contributed by atoms with van der Waals surface area (Å²) in [6, 6.07) is 8.05. The van der Waals surface area contributed by atoms with E-state index in [0.29, 0.717) is 19.4 Å². The Hall–Kier alpha value is -1.35. The maximum Gasteiger partial charge on any atom is 0.310 e. The molecule has 1 N–H and O–H groups in total. The van der Waals surface area contributed by atoms with Gasteiger partial charge in [0.15, 0.2) is 0 Å². The first kappa shape index (κ1) is 13.1. The Morgan fingerprint density at radius 2 is 1.94 bits per heavy atom. The predicted octanol–water partition coefficient (Wildman–Crippen LogP) is 2.53. The number of rotatable bonds is 5. The first-order valence-electron chi connectivity index (χ1n) is 6.39. The molecule has 0 spiro atoms. The highest BCUT2D eigenvalue weighted by atomic mass is 16.5. The van der Waals surface area contributed by atoms with Gasteiger partial charge in [0.05, 0.1) is 5.41 Å². The van der Waals surface area contributed by atoms with Crippen molar-refractivity contribution < 1.29 is 14.6 Å². The molecule has 0 saturated heterocycles. The number of hydrogen-bond donors (Lipinski definition) is 1. The highest BCUT2D eigenvalue weighted by Gasteiger charge is 2.47. The van der Waals surface area contributed by atoms with Crippen molar-refractivity contribution in [1.82, 2.24) is 0 Å². The van der Waals surface area contributed by atoms with Gasteiger partial charge in [0.2, 0.25) is 0 Å². The molecule has 2 rings (SSSR count). The number of benzene rings is 1. The molecule has 0 aromatic heterocycles.